The number of hydrogen-bond donors (Lipinski definition) is 1. The van der Waals surface area contributed by atoms with Crippen LogP contribution >= 0.6 is 11.3 Å². The molecule has 4 heterocycles. The van der Waals surface area contributed by atoms with Crippen molar-refractivity contribution in [2.24, 2.45) is 0 Å². The Bertz CT molecular complexity index is 1920. The molecule has 0 atom stereocenters. The van der Waals surface area contributed by atoms with Crippen molar-refractivity contribution >= 4 is 50.4 Å². The Kier molecular flexibility index (Phi) is 8.12. The molecule has 2 aromatic carbocycles. The minimum Gasteiger partial charge on any atom is -0.355 e. The number of rotatable bonds is 6. The van der Waals surface area contributed by atoms with E-state index in [0.717, 1.165) is 34.5 Å². The van der Waals surface area contributed by atoms with Gasteiger partial charge in [0, 0.05) is 43.2 Å². The van der Waals surface area contributed by atoms with Crippen molar-refractivity contribution < 1.29 is 22.4 Å². The molecule has 2 aliphatic heterocycles. The molecular formula is C34H34FN5O4S2. The highest BCUT2D eigenvalue weighted by atomic mass is 32.2. The molecular weight excluding hydrogens is 626 g/mol. The van der Waals surface area contributed by atoms with Crippen molar-refractivity contribution in [2.75, 3.05) is 47.8 Å². The number of anilines is 3. The lowest BCUT2D eigenvalue weighted by atomic mass is 10.1. The smallest absolute Gasteiger partial charge is 0.276 e. The van der Waals surface area contributed by atoms with Crippen LogP contribution in [0.15, 0.2) is 66.7 Å². The molecule has 0 unspecified atom stereocenters. The summed E-state index contributed by atoms with van der Waals surface area (Å²) in [6.45, 7) is 4.20. The van der Waals surface area contributed by atoms with Gasteiger partial charge in [-0.3, -0.25) is 9.59 Å². The number of aromatic nitrogens is 1. The number of para-hydroxylation sites is 2. The van der Waals surface area contributed by atoms with E-state index in [1.807, 2.05) is 42.5 Å². The first-order valence-electron chi connectivity index (χ1n) is 15.5. The third-order valence-electron chi connectivity index (χ3n) is 8.82. The minimum atomic E-state index is -3.24. The topological polar surface area (TPSA) is 103 Å². The second-order valence-corrected chi connectivity index (χ2v) is 15.2. The number of carbonyl (C=O) groups excluding carboxylic acids is 2. The summed E-state index contributed by atoms with van der Waals surface area (Å²) in [5.74, 6) is -0.438. The maximum absolute atomic E-state index is 14.4. The number of amides is 2. The lowest BCUT2D eigenvalue weighted by Crippen LogP contribution is -2.37. The lowest BCUT2D eigenvalue weighted by molar-refractivity contribution is 0.0981. The van der Waals surface area contributed by atoms with Crippen molar-refractivity contribution in [3.05, 3.63) is 94.2 Å². The standard InChI is InChI=1S/C34H34FN5O4S2/c1-22-7-4-9-26(35)31(22)37-33(41)29-21-23-15-18-40(28-11-3-2-8-25(28)32(23)45-29)34(42)27-10-5-12-30(36-27)38-16-6-17-39(20-19-38)46(43,44)24-13-14-24/h2-5,7-12,21,24H,6,13-20H2,1H3,(H,37,41). The average Bonchev–Trinajstić information content (AvgIpc) is 3.89. The maximum atomic E-state index is 14.4. The van der Waals surface area contributed by atoms with E-state index in [1.165, 1.54) is 17.4 Å². The second kappa shape index (κ2) is 12.2. The fourth-order valence-corrected chi connectivity index (χ4v) is 9.21. The molecule has 0 spiro atoms. The first-order valence-corrected chi connectivity index (χ1v) is 17.8. The number of nitrogens with one attached hydrogen (secondary N) is 1. The fraction of sp³-hybridized carbons (Fsp3) is 0.324. The Balaban J connectivity index is 1.11. The first-order chi connectivity index (χ1) is 22.2. The van der Waals surface area contributed by atoms with Crippen LogP contribution in [-0.4, -0.2) is 67.5 Å². The normalized spacial score (nSPS) is 17.1. The zero-order chi connectivity index (χ0) is 32.0. The van der Waals surface area contributed by atoms with Crippen LogP contribution in [0.5, 0.6) is 0 Å². The highest BCUT2D eigenvalue weighted by Crippen LogP contribution is 2.42. The van der Waals surface area contributed by atoms with E-state index in [4.69, 9.17) is 4.98 Å². The van der Waals surface area contributed by atoms with Gasteiger partial charge < -0.3 is 15.1 Å². The van der Waals surface area contributed by atoms with Gasteiger partial charge in [-0.15, -0.1) is 11.3 Å². The van der Waals surface area contributed by atoms with E-state index in [0.29, 0.717) is 67.5 Å². The van der Waals surface area contributed by atoms with Gasteiger partial charge in [0.15, 0.2) is 0 Å². The Hall–Kier alpha value is -4.13. The summed E-state index contributed by atoms with van der Waals surface area (Å²) in [5.41, 5.74) is 3.64. The third kappa shape index (κ3) is 5.80. The van der Waals surface area contributed by atoms with Gasteiger partial charge in [0.25, 0.3) is 11.8 Å². The molecule has 1 N–H and O–H groups in total. The van der Waals surface area contributed by atoms with Crippen molar-refractivity contribution in [3.8, 4) is 10.4 Å². The van der Waals surface area contributed by atoms with Gasteiger partial charge in [-0.05, 0) is 74.1 Å². The largest absolute Gasteiger partial charge is 0.355 e. The fourth-order valence-electron chi connectivity index (χ4n) is 6.20. The van der Waals surface area contributed by atoms with E-state index in [2.05, 4.69) is 10.2 Å². The number of halogens is 1. The van der Waals surface area contributed by atoms with Crippen molar-refractivity contribution in [2.45, 2.75) is 37.9 Å². The molecule has 46 heavy (non-hydrogen) atoms. The zero-order valence-electron chi connectivity index (χ0n) is 25.4. The summed E-state index contributed by atoms with van der Waals surface area (Å²) in [6.07, 6.45) is 2.70. The number of thiophene rings is 1. The SMILES string of the molecule is Cc1cccc(F)c1NC(=O)c1cc2c(s1)-c1ccccc1N(C(=O)c1cccc(N3CCCN(S(=O)(=O)C4CC4)CC3)n1)CC2. The van der Waals surface area contributed by atoms with Gasteiger partial charge in [0.05, 0.1) is 21.5 Å². The quantitative estimate of drug-likeness (QED) is 0.284. The average molecular weight is 660 g/mol. The summed E-state index contributed by atoms with van der Waals surface area (Å²) in [6, 6.07) is 19.5. The number of nitrogens with zero attached hydrogens (tertiary/aromatic N) is 4. The number of sulfonamides is 1. The predicted octanol–water partition coefficient (Wildman–Crippen LogP) is 5.72. The molecule has 0 radical (unpaired) electrons. The summed E-state index contributed by atoms with van der Waals surface area (Å²) in [4.78, 5) is 37.2. The Morgan fingerprint density at radius 3 is 2.57 bits per heavy atom. The molecule has 2 aromatic heterocycles. The number of aryl methyl sites for hydroxylation is 1. The molecule has 1 aliphatic carbocycles. The van der Waals surface area contributed by atoms with Gasteiger partial charge in [-0.1, -0.05) is 36.4 Å². The van der Waals surface area contributed by atoms with E-state index in [-0.39, 0.29) is 22.8 Å². The molecule has 2 fully saturated rings. The van der Waals surface area contributed by atoms with Crippen LogP contribution in [0.1, 0.15) is 50.5 Å². The van der Waals surface area contributed by atoms with E-state index in [1.54, 1.807) is 34.3 Å². The van der Waals surface area contributed by atoms with Crippen LogP contribution in [0.25, 0.3) is 10.4 Å². The molecule has 4 aromatic rings. The van der Waals surface area contributed by atoms with E-state index >= 15 is 0 Å². The number of fused-ring (bicyclic) bond motifs is 3. The van der Waals surface area contributed by atoms with Crippen molar-refractivity contribution in [3.63, 3.8) is 0 Å². The Labute approximate surface area is 271 Å². The molecule has 12 heteroatoms. The molecule has 2 amide bonds. The first kappa shape index (κ1) is 30.5. The molecule has 0 bridgehead atoms. The van der Waals surface area contributed by atoms with Crippen molar-refractivity contribution in [1.29, 1.82) is 0 Å². The summed E-state index contributed by atoms with van der Waals surface area (Å²) in [5, 5.41) is 2.50. The van der Waals surface area contributed by atoms with E-state index in [9.17, 15) is 22.4 Å². The van der Waals surface area contributed by atoms with Crippen LogP contribution in [0.2, 0.25) is 0 Å². The lowest BCUT2D eigenvalue weighted by Gasteiger charge is -2.25. The van der Waals surface area contributed by atoms with E-state index < -0.39 is 15.8 Å². The number of hydrogen-bond acceptors (Lipinski definition) is 7. The summed E-state index contributed by atoms with van der Waals surface area (Å²) < 4.78 is 41.7. The summed E-state index contributed by atoms with van der Waals surface area (Å²) in [7, 11) is -3.24. The van der Waals surface area contributed by atoms with Crippen LogP contribution in [0, 0.1) is 12.7 Å². The second-order valence-electron chi connectivity index (χ2n) is 11.9. The van der Waals surface area contributed by atoms with Gasteiger partial charge in [-0.25, -0.2) is 17.8 Å². The highest BCUT2D eigenvalue weighted by Gasteiger charge is 2.40. The molecule has 3 aliphatic rings. The Morgan fingerprint density at radius 1 is 0.957 bits per heavy atom. The third-order valence-corrected chi connectivity index (χ3v) is 12.4. The molecule has 9 nitrogen and oxygen atoms in total. The van der Waals surface area contributed by atoms with Crippen LogP contribution in [0.3, 0.4) is 0 Å². The molecule has 1 saturated heterocycles. The monoisotopic (exact) mass is 659 g/mol. The molecule has 1 saturated carbocycles. The predicted molar refractivity (Wildman–Crippen MR) is 179 cm³/mol. The van der Waals surface area contributed by atoms with Gasteiger partial charge >= 0.3 is 0 Å². The van der Waals surface area contributed by atoms with Crippen molar-refractivity contribution in [1.82, 2.24) is 9.29 Å². The van der Waals surface area contributed by atoms with Gasteiger partial charge in [0.1, 0.15) is 17.3 Å². The Morgan fingerprint density at radius 2 is 1.76 bits per heavy atom. The maximum Gasteiger partial charge on any atom is 0.276 e. The van der Waals surface area contributed by atoms with Gasteiger partial charge in [0.2, 0.25) is 10.0 Å². The highest BCUT2D eigenvalue weighted by molar-refractivity contribution is 7.90. The molecule has 7 rings (SSSR count). The zero-order valence-corrected chi connectivity index (χ0v) is 27.0. The van der Waals surface area contributed by atoms with Crippen LogP contribution in [-0.2, 0) is 16.4 Å². The van der Waals surface area contributed by atoms with Gasteiger partial charge in [-0.2, -0.15) is 4.31 Å². The number of pyridine rings is 1. The number of carbonyl (C=O) groups is 2. The van der Waals surface area contributed by atoms with Crippen LogP contribution in [0.4, 0.5) is 21.6 Å². The van der Waals surface area contributed by atoms with Crippen LogP contribution < -0.4 is 15.1 Å². The summed E-state index contributed by atoms with van der Waals surface area (Å²) >= 11 is 1.33. The minimum absolute atomic E-state index is 0.170. The molecule has 238 valence electrons. The number of benzene rings is 2.